The van der Waals surface area contributed by atoms with Gasteiger partial charge in [0.1, 0.15) is 5.75 Å². The molecule has 1 aliphatic rings. The van der Waals surface area contributed by atoms with Crippen LogP contribution in [0.3, 0.4) is 0 Å². The summed E-state index contributed by atoms with van der Waals surface area (Å²) in [6.45, 7) is 3.00. The van der Waals surface area contributed by atoms with Crippen LogP contribution in [0.25, 0.3) is 0 Å². The van der Waals surface area contributed by atoms with Gasteiger partial charge >= 0.3 is 0 Å². The SMILES string of the molecule is CCCCCN1C(=O)Cc2ccc(OC)cc21. The number of carbonyl (C=O) groups excluding carboxylic acids is 1. The van der Waals surface area contributed by atoms with Crippen molar-refractivity contribution in [3.63, 3.8) is 0 Å². The zero-order valence-corrected chi connectivity index (χ0v) is 10.5. The van der Waals surface area contributed by atoms with E-state index in [1.165, 1.54) is 12.8 Å². The molecule has 0 saturated heterocycles. The monoisotopic (exact) mass is 233 g/mol. The number of benzene rings is 1. The molecule has 3 nitrogen and oxygen atoms in total. The number of nitrogens with zero attached hydrogens (tertiary/aromatic N) is 1. The average molecular weight is 233 g/mol. The largest absolute Gasteiger partial charge is 0.497 e. The van der Waals surface area contributed by atoms with Crippen LogP contribution in [-0.4, -0.2) is 19.6 Å². The maximum absolute atomic E-state index is 11.9. The predicted octanol–water partition coefficient (Wildman–Crippen LogP) is 2.77. The van der Waals surface area contributed by atoms with E-state index < -0.39 is 0 Å². The minimum atomic E-state index is 0.212. The number of methoxy groups -OCH3 is 1. The molecule has 1 aliphatic heterocycles. The highest BCUT2D eigenvalue weighted by atomic mass is 16.5. The normalized spacial score (nSPS) is 14.0. The van der Waals surface area contributed by atoms with Gasteiger partial charge in [-0.25, -0.2) is 0 Å². The lowest BCUT2D eigenvalue weighted by atomic mass is 10.1. The second-order valence-corrected chi connectivity index (χ2v) is 4.42. The van der Waals surface area contributed by atoms with Crippen LogP contribution in [0.2, 0.25) is 0 Å². The first-order valence-electron chi connectivity index (χ1n) is 6.23. The quantitative estimate of drug-likeness (QED) is 0.732. The topological polar surface area (TPSA) is 29.5 Å². The highest BCUT2D eigenvalue weighted by Crippen LogP contribution is 2.32. The van der Waals surface area contributed by atoms with E-state index in [0.717, 1.165) is 30.0 Å². The van der Waals surface area contributed by atoms with Gasteiger partial charge in [0.2, 0.25) is 5.91 Å². The van der Waals surface area contributed by atoms with Gasteiger partial charge in [0.25, 0.3) is 0 Å². The minimum Gasteiger partial charge on any atom is -0.497 e. The number of carbonyl (C=O) groups is 1. The van der Waals surface area contributed by atoms with E-state index in [4.69, 9.17) is 4.74 Å². The summed E-state index contributed by atoms with van der Waals surface area (Å²) < 4.78 is 5.21. The fourth-order valence-corrected chi connectivity index (χ4v) is 2.23. The van der Waals surface area contributed by atoms with Crippen molar-refractivity contribution in [3.8, 4) is 5.75 Å². The van der Waals surface area contributed by atoms with Crippen molar-refractivity contribution in [1.82, 2.24) is 0 Å². The maximum atomic E-state index is 11.9. The summed E-state index contributed by atoms with van der Waals surface area (Å²) in [4.78, 5) is 13.8. The molecule has 0 N–H and O–H groups in total. The number of anilines is 1. The zero-order valence-electron chi connectivity index (χ0n) is 10.5. The number of hydrogen-bond acceptors (Lipinski definition) is 2. The Hall–Kier alpha value is -1.51. The van der Waals surface area contributed by atoms with Crippen LogP contribution in [0.4, 0.5) is 5.69 Å². The Morgan fingerprint density at radius 3 is 2.88 bits per heavy atom. The second kappa shape index (κ2) is 5.21. The summed E-state index contributed by atoms with van der Waals surface area (Å²) in [5.74, 6) is 1.03. The number of fused-ring (bicyclic) bond motifs is 1. The van der Waals surface area contributed by atoms with Gasteiger partial charge in [-0.2, -0.15) is 0 Å². The molecule has 17 heavy (non-hydrogen) atoms. The fraction of sp³-hybridized carbons (Fsp3) is 0.500. The standard InChI is InChI=1S/C14H19NO2/c1-3-4-5-8-15-13-10-12(17-2)7-6-11(13)9-14(15)16/h6-7,10H,3-5,8-9H2,1-2H3. The van der Waals surface area contributed by atoms with E-state index in [2.05, 4.69) is 6.92 Å². The molecule has 0 radical (unpaired) electrons. The van der Waals surface area contributed by atoms with E-state index >= 15 is 0 Å². The van der Waals surface area contributed by atoms with Crippen molar-refractivity contribution in [1.29, 1.82) is 0 Å². The van der Waals surface area contributed by atoms with Gasteiger partial charge in [-0.05, 0) is 18.1 Å². The Morgan fingerprint density at radius 2 is 2.18 bits per heavy atom. The molecule has 0 saturated carbocycles. The third-order valence-electron chi connectivity index (χ3n) is 3.21. The Bertz CT molecular complexity index is 415. The van der Waals surface area contributed by atoms with E-state index in [-0.39, 0.29) is 5.91 Å². The van der Waals surface area contributed by atoms with Gasteiger partial charge in [0.15, 0.2) is 0 Å². The zero-order chi connectivity index (χ0) is 12.3. The van der Waals surface area contributed by atoms with Crippen LogP contribution < -0.4 is 9.64 Å². The van der Waals surface area contributed by atoms with Gasteiger partial charge in [-0.15, -0.1) is 0 Å². The number of hydrogen-bond donors (Lipinski definition) is 0. The van der Waals surface area contributed by atoms with Crippen molar-refractivity contribution < 1.29 is 9.53 Å². The highest BCUT2D eigenvalue weighted by molar-refractivity contribution is 6.01. The van der Waals surface area contributed by atoms with Gasteiger partial charge < -0.3 is 9.64 Å². The summed E-state index contributed by atoms with van der Waals surface area (Å²) in [6, 6.07) is 5.87. The van der Waals surface area contributed by atoms with Gasteiger partial charge in [-0.1, -0.05) is 25.8 Å². The van der Waals surface area contributed by atoms with E-state index in [0.29, 0.717) is 6.42 Å². The summed E-state index contributed by atoms with van der Waals surface area (Å²) >= 11 is 0. The first kappa shape index (κ1) is 12.0. The molecular weight excluding hydrogens is 214 g/mol. The molecule has 0 unspecified atom stereocenters. The molecule has 92 valence electrons. The van der Waals surface area contributed by atoms with Crippen LogP contribution in [0.5, 0.6) is 5.75 Å². The lowest BCUT2D eigenvalue weighted by molar-refractivity contribution is -0.117. The Labute approximate surface area is 102 Å². The Kier molecular flexibility index (Phi) is 3.67. The van der Waals surface area contributed by atoms with Crippen LogP contribution in [0, 0.1) is 0 Å². The summed E-state index contributed by atoms with van der Waals surface area (Å²) in [7, 11) is 1.65. The smallest absolute Gasteiger partial charge is 0.231 e. The number of rotatable bonds is 5. The van der Waals surface area contributed by atoms with E-state index in [9.17, 15) is 4.79 Å². The molecular formula is C14H19NO2. The van der Waals surface area contributed by atoms with Gasteiger partial charge in [-0.3, -0.25) is 4.79 Å². The molecule has 0 spiro atoms. The van der Waals surface area contributed by atoms with Crippen LogP contribution in [0.15, 0.2) is 18.2 Å². The van der Waals surface area contributed by atoms with E-state index in [1.54, 1.807) is 7.11 Å². The predicted molar refractivity (Wildman–Crippen MR) is 68.6 cm³/mol. The lowest BCUT2D eigenvalue weighted by Crippen LogP contribution is -2.27. The Balaban J connectivity index is 2.16. The molecule has 0 bridgehead atoms. The van der Waals surface area contributed by atoms with Gasteiger partial charge in [0, 0.05) is 12.6 Å². The second-order valence-electron chi connectivity index (χ2n) is 4.42. The van der Waals surface area contributed by atoms with Crippen molar-refractivity contribution in [2.45, 2.75) is 32.6 Å². The van der Waals surface area contributed by atoms with Crippen molar-refractivity contribution in [2.75, 3.05) is 18.6 Å². The third kappa shape index (κ3) is 2.43. The molecule has 3 heteroatoms. The number of ether oxygens (including phenoxy) is 1. The van der Waals surface area contributed by atoms with Crippen molar-refractivity contribution in [2.24, 2.45) is 0 Å². The average Bonchev–Trinajstić information content (AvgIpc) is 2.65. The van der Waals surface area contributed by atoms with Crippen molar-refractivity contribution >= 4 is 11.6 Å². The first-order valence-corrected chi connectivity index (χ1v) is 6.23. The summed E-state index contributed by atoms with van der Waals surface area (Å²) in [5.41, 5.74) is 2.15. The number of amides is 1. The third-order valence-corrected chi connectivity index (χ3v) is 3.21. The fourth-order valence-electron chi connectivity index (χ4n) is 2.23. The molecule has 1 aromatic carbocycles. The molecule has 1 aromatic rings. The van der Waals surface area contributed by atoms with Gasteiger partial charge in [0.05, 0.1) is 19.2 Å². The molecule has 0 fully saturated rings. The molecule has 0 aliphatic carbocycles. The summed E-state index contributed by atoms with van der Waals surface area (Å²) in [5, 5.41) is 0. The van der Waals surface area contributed by atoms with Crippen LogP contribution in [-0.2, 0) is 11.2 Å². The molecule has 2 rings (SSSR count). The molecule has 1 heterocycles. The van der Waals surface area contributed by atoms with Crippen LogP contribution >= 0.6 is 0 Å². The highest BCUT2D eigenvalue weighted by Gasteiger charge is 2.26. The Morgan fingerprint density at radius 1 is 1.35 bits per heavy atom. The lowest BCUT2D eigenvalue weighted by Gasteiger charge is -2.17. The van der Waals surface area contributed by atoms with Crippen molar-refractivity contribution in [3.05, 3.63) is 23.8 Å². The maximum Gasteiger partial charge on any atom is 0.231 e. The minimum absolute atomic E-state index is 0.212. The first-order chi connectivity index (χ1) is 8.26. The van der Waals surface area contributed by atoms with E-state index in [1.807, 2.05) is 23.1 Å². The summed E-state index contributed by atoms with van der Waals surface area (Å²) in [6.07, 6.45) is 3.94. The van der Waals surface area contributed by atoms with Crippen LogP contribution in [0.1, 0.15) is 31.7 Å². The molecule has 0 aromatic heterocycles. The number of unbranched alkanes of at least 4 members (excludes halogenated alkanes) is 2. The molecule has 1 amide bonds. The molecule has 0 atom stereocenters.